The van der Waals surface area contributed by atoms with Gasteiger partial charge < -0.3 is 10.6 Å². The van der Waals surface area contributed by atoms with Gasteiger partial charge in [-0.05, 0) is 43.1 Å². The molecule has 0 atom stereocenters. The van der Waals surface area contributed by atoms with E-state index in [1.807, 2.05) is 25.7 Å². The van der Waals surface area contributed by atoms with Gasteiger partial charge in [0.1, 0.15) is 0 Å². The lowest BCUT2D eigenvalue weighted by Gasteiger charge is -2.32. The van der Waals surface area contributed by atoms with Gasteiger partial charge in [0.15, 0.2) is 0 Å². The van der Waals surface area contributed by atoms with E-state index >= 15 is 0 Å². The fourth-order valence-electron chi connectivity index (χ4n) is 1.83. The van der Waals surface area contributed by atoms with E-state index in [1.54, 1.807) is 0 Å². The first-order valence-corrected chi connectivity index (χ1v) is 6.32. The van der Waals surface area contributed by atoms with Crippen molar-refractivity contribution in [1.29, 1.82) is 0 Å². The van der Waals surface area contributed by atoms with Crippen molar-refractivity contribution < 1.29 is 13.2 Å². The molecule has 5 heteroatoms. The van der Waals surface area contributed by atoms with E-state index in [-0.39, 0.29) is 5.41 Å². The van der Waals surface area contributed by atoms with Gasteiger partial charge in [0.05, 0.1) is 5.56 Å². The van der Waals surface area contributed by atoms with Crippen LogP contribution in [-0.4, -0.2) is 19.6 Å². The average Bonchev–Trinajstić information content (AvgIpc) is 2.35. The van der Waals surface area contributed by atoms with Crippen molar-refractivity contribution in [3.8, 4) is 0 Å². The van der Waals surface area contributed by atoms with Crippen molar-refractivity contribution in [2.75, 3.05) is 24.5 Å². The molecule has 0 aromatic heterocycles. The van der Waals surface area contributed by atoms with Gasteiger partial charge in [0.2, 0.25) is 0 Å². The van der Waals surface area contributed by atoms with Crippen LogP contribution in [0.2, 0.25) is 0 Å². The molecular weight excluding hydrogens is 253 g/mol. The predicted octanol–water partition coefficient (Wildman–Crippen LogP) is 3.52. The monoisotopic (exact) mass is 274 g/mol. The normalized spacial score (nSPS) is 12.6. The number of benzene rings is 1. The van der Waals surface area contributed by atoms with Crippen LogP contribution in [-0.2, 0) is 6.18 Å². The second-order valence-corrected chi connectivity index (χ2v) is 5.43. The molecule has 0 heterocycles. The van der Waals surface area contributed by atoms with E-state index in [9.17, 15) is 13.2 Å². The molecule has 0 aliphatic heterocycles. The summed E-state index contributed by atoms with van der Waals surface area (Å²) in [6.45, 7) is 8.04. The Morgan fingerprint density at radius 1 is 1.11 bits per heavy atom. The summed E-state index contributed by atoms with van der Waals surface area (Å²) in [6.07, 6.45) is -4.29. The summed E-state index contributed by atoms with van der Waals surface area (Å²) in [5.41, 5.74) is 5.79. The van der Waals surface area contributed by atoms with E-state index in [2.05, 4.69) is 0 Å². The average molecular weight is 274 g/mol. The highest BCUT2D eigenvalue weighted by atomic mass is 19.4. The molecule has 0 radical (unpaired) electrons. The van der Waals surface area contributed by atoms with Gasteiger partial charge in [0.25, 0.3) is 0 Å². The van der Waals surface area contributed by atoms with Crippen LogP contribution in [0, 0.1) is 5.41 Å². The van der Waals surface area contributed by atoms with Gasteiger partial charge in [0, 0.05) is 18.8 Å². The zero-order chi connectivity index (χ0) is 14.7. The molecule has 0 unspecified atom stereocenters. The number of halogens is 3. The minimum atomic E-state index is -4.29. The van der Waals surface area contributed by atoms with E-state index in [4.69, 9.17) is 5.73 Å². The number of alkyl halides is 3. The lowest BCUT2D eigenvalue weighted by Crippen LogP contribution is -2.38. The van der Waals surface area contributed by atoms with E-state index in [0.29, 0.717) is 13.1 Å². The fourth-order valence-corrected chi connectivity index (χ4v) is 1.83. The Bertz CT molecular complexity index is 396. The molecule has 0 saturated heterocycles. The number of anilines is 1. The lowest BCUT2D eigenvalue weighted by molar-refractivity contribution is -0.137. The highest BCUT2D eigenvalue weighted by Gasteiger charge is 2.30. The molecule has 0 bridgehead atoms. The van der Waals surface area contributed by atoms with E-state index < -0.39 is 11.7 Å². The zero-order valence-corrected chi connectivity index (χ0v) is 11.6. The molecule has 0 aliphatic carbocycles. The predicted molar refractivity (Wildman–Crippen MR) is 72.2 cm³/mol. The standard InChI is InChI=1S/C14H21F3N2/c1-4-19(10-13(2,3)9-18)12-7-5-11(6-8-12)14(15,16)17/h5-8H,4,9-10,18H2,1-3H3. The minimum absolute atomic E-state index is 0.0707. The quantitative estimate of drug-likeness (QED) is 0.890. The van der Waals surface area contributed by atoms with Crippen molar-refractivity contribution in [2.24, 2.45) is 11.1 Å². The van der Waals surface area contributed by atoms with Crippen LogP contribution in [0.15, 0.2) is 24.3 Å². The number of nitrogens with zero attached hydrogens (tertiary/aromatic N) is 1. The Morgan fingerprint density at radius 2 is 1.63 bits per heavy atom. The molecule has 108 valence electrons. The first-order chi connectivity index (χ1) is 8.69. The molecule has 1 aromatic carbocycles. The van der Waals surface area contributed by atoms with Crippen LogP contribution >= 0.6 is 0 Å². The third-order valence-corrected chi connectivity index (χ3v) is 3.11. The molecule has 2 nitrogen and oxygen atoms in total. The molecule has 0 spiro atoms. The molecule has 0 saturated carbocycles. The molecule has 1 aromatic rings. The van der Waals surface area contributed by atoms with Gasteiger partial charge in [-0.25, -0.2) is 0 Å². The number of rotatable bonds is 5. The summed E-state index contributed by atoms with van der Waals surface area (Å²) in [6, 6.07) is 5.26. The molecule has 1 rings (SSSR count). The first kappa shape index (κ1) is 15.8. The highest BCUT2D eigenvalue weighted by molar-refractivity contribution is 5.48. The summed E-state index contributed by atoms with van der Waals surface area (Å²) in [7, 11) is 0. The second kappa shape index (κ2) is 5.82. The Hall–Kier alpha value is -1.23. The summed E-state index contributed by atoms with van der Waals surface area (Å²) < 4.78 is 37.5. The van der Waals surface area contributed by atoms with Crippen molar-refractivity contribution >= 4 is 5.69 Å². The number of nitrogens with two attached hydrogens (primary N) is 1. The van der Waals surface area contributed by atoms with Crippen molar-refractivity contribution in [2.45, 2.75) is 26.9 Å². The number of hydrogen-bond acceptors (Lipinski definition) is 2. The summed E-state index contributed by atoms with van der Waals surface area (Å²) in [5, 5.41) is 0. The summed E-state index contributed by atoms with van der Waals surface area (Å²) in [5.74, 6) is 0. The van der Waals surface area contributed by atoms with Gasteiger partial charge in [-0.3, -0.25) is 0 Å². The molecule has 0 aliphatic rings. The molecule has 2 N–H and O–H groups in total. The van der Waals surface area contributed by atoms with Gasteiger partial charge in [-0.1, -0.05) is 13.8 Å². The molecular formula is C14H21F3N2. The SMILES string of the molecule is CCN(CC(C)(C)CN)c1ccc(C(F)(F)F)cc1. The third-order valence-electron chi connectivity index (χ3n) is 3.11. The maximum atomic E-state index is 12.5. The van der Waals surface area contributed by atoms with Crippen LogP contribution in [0.3, 0.4) is 0 Å². The highest BCUT2D eigenvalue weighted by Crippen LogP contribution is 2.31. The van der Waals surface area contributed by atoms with Crippen LogP contribution < -0.4 is 10.6 Å². The molecule has 0 fully saturated rings. The molecule has 0 amide bonds. The van der Waals surface area contributed by atoms with Gasteiger partial charge in [-0.15, -0.1) is 0 Å². The first-order valence-electron chi connectivity index (χ1n) is 6.32. The smallest absolute Gasteiger partial charge is 0.371 e. The summed E-state index contributed by atoms with van der Waals surface area (Å²) >= 11 is 0. The fraction of sp³-hybridized carbons (Fsp3) is 0.571. The second-order valence-electron chi connectivity index (χ2n) is 5.43. The van der Waals surface area contributed by atoms with E-state index in [1.165, 1.54) is 12.1 Å². The van der Waals surface area contributed by atoms with Crippen LogP contribution in [0.5, 0.6) is 0 Å². The van der Waals surface area contributed by atoms with Crippen molar-refractivity contribution in [3.05, 3.63) is 29.8 Å². The topological polar surface area (TPSA) is 29.3 Å². The molecule has 19 heavy (non-hydrogen) atoms. The van der Waals surface area contributed by atoms with Crippen LogP contribution in [0.25, 0.3) is 0 Å². The maximum absolute atomic E-state index is 12.5. The van der Waals surface area contributed by atoms with Gasteiger partial charge in [-0.2, -0.15) is 13.2 Å². The Morgan fingerprint density at radius 3 is 2.00 bits per heavy atom. The summed E-state index contributed by atoms with van der Waals surface area (Å²) in [4.78, 5) is 2.03. The third kappa shape index (κ3) is 4.42. The lowest BCUT2D eigenvalue weighted by atomic mass is 9.93. The van der Waals surface area contributed by atoms with Crippen molar-refractivity contribution in [1.82, 2.24) is 0 Å². The maximum Gasteiger partial charge on any atom is 0.416 e. The van der Waals surface area contributed by atoms with Crippen LogP contribution in [0.1, 0.15) is 26.3 Å². The minimum Gasteiger partial charge on any atom is -0.371 e. The Kier molecular flexibility index (Phi) is 4.85. The zero-order valence-electron chi connectivity index (χ0n) is 11.6. The largest absolute Gasteiger partial charge is 0.416 e. The van der Waals surface area contributed by atoms with Crippen molar-refractivity contribution in [3.63, 3.8) is 0 Å². The van der Waals surface area contributed by atoms with E-state index in [0.717, 1.165) is 24.4 Å². The number of hydrogen-bond donors (Lipinski definition) is 1. The Labute approximate surface area is 112 Å². The van der Waals surface area contributed by atoms with Gasteiger partial charge >= 0.3 is 6.18 Å². The Balaban J connectivity index is 2.89. The van der Waals surface area contributed by atoms with Crippen LogP contribution in [0.4, 0.5) is 18.9 Å².